The van der Waals surface area contributed by atoms with E-state index in [0.717, 1.165) is 25.0 Å². The van der Waals surface area contributed by atoms with Gasteiger partial charge in [-0.2, -0.15) is 0 Å². The van der Waals surface area contributed by atoms with E-state index < -0.39 is 0 Å². The maximum absolute atomic E-state index is 12.6. The highest BCUT2D eigenvalue weighted by Crippen LogP contribution is 2.32. The van der Waals surface area contributed by atoms with Crippen LogP contribution in [0.1, 0.15) is 31.7 Å². The molecular weight excluding hydrogens is 320 g/mol. The zero-order valence-electron chi connectivity index (χ0n) is 15.0. The molecule has 0 aliphatic carbocycles. The molecule has 0 N–H and O–H groups in total. The third kappa shape index (κ3) is 3.57. The molecule has 2 amide bonds. The summed E-state index contributed by atoms with van der Waals surface area (Å²) in [7, 11) is 1.65. The number of carbonyl (C=O) groups is 2. The zero-order chi connectivity index (χ0) is 17.9. The molecule has 0 bridgehead atoms. The van der Waals surface area contributed by atoms with E-state index >= 15 is 0 Å². The number of benzene rings is 1. The van der Waals surface area contributed by atoms with E-state index in [1.165, 1.54) is 5.56 Å². The second-order valence-electron chi connectivity index (χ2n) is 6.80. The normalized spacial score (nSPS) is 22.6. The third-order valence-electron chi connectivity index (χ3n) is 5.36. The lowest BCUT2D eigenvalue weighted by Crippen LogP contribution is -2.62. The Morgan fingerprint density at radius 2 is 2.04 bits per heavy atom. The third-order valence-corrected chi connectivity index (χ3v) is 5.36. The molecule has 6 heteroatoms. The van der Waals surface area contributed by atoms with Crippen LogP contribution in [-0.2, 0) is 16.0 Å². The van der Waals surface area contributed by atoms with Crippen molar-refractivity contribution < 1.29 is 19.1 Å². The number of ether oxygens (including phenoxy) is 2. The van der Waals surface area contributed by atoms with Crippen LogP contribution in [0, 0.1) is 0 Å². The molecule has 2 heterocycles. The number of nitrogens with zero attached hydrogens (tertiary/aromatic N) is 2. The van der Waals surface area contributed by atoms with Crippen molar-refractivity contribution in [2.24, 2.45) is 0 Å². The van der Waals surface area contributed by atoms with Crippen LogP contribution in [-0.4, -0.2) is 60.7 Å². The Morgan fingerprint density at radius 1 is 1.28 bits per heavy atom. The molecular formula is C19H26N2O4. The lowest BCUT2D eigenvalue weighted by Gasteiger charge is -2.44. The van der Waals surface area contributed by atoms with E-state index in [0.29, 0.717) is 32.7 Å². The molecule has 2 aliphatic heterocycles. The Morgan fingerprint density at radius 3 is 2.72 bits per heavy atom. The summed E-state index contributed by atoms with van der Waals surface area (Å²) in [6.07, 6.45) is 2.78. The first kappa shape index (κ1) is 17.6. The number of hydrogen-bond acceptors (Lipinski definition) is 4. The minimum atomic E-state index is -0.332. The van der Waals surface area contributed by atoms with E-state index in [-0.39, 0.29) is 17.5 Å². The quantitative estimate of drug-likeness (QED) is 0.794. The van der Waals surface area contributed by atoms with Crippen molar-refractivity contribution in [2.45, 2.75) is 38.1 Å². The molecule has 0 spiro atoms. The molecule has 1 unspecified atom stereocenters. The maximum Gasteiger partial charge on any atom is 0.410 e. The smallest absolute Gasteiger partial charge is 0.410 e. The molecule has 0 aromatic heterocycles. The van der Waals surface area contributed by atoms with Gasteiger partial charge in [-0.3, -0.25) is 9.69 Å². The van der Waals surface area contributed by atoms with Gasteiger partial charge < -0.3 is 14.4 Å². The van der Waals surface area contributed by atoms with E-state index in [4.69, 9.17) is 9.47 Å². The van der Waals surface area contributed by atoms with Crippen LogP contribution < -0.4 is 4.74 Å². The van der Waals surface area contributed by atoms with Crippen molar-refractivity contribution in [3.8, 4) is 5.75 Å². The molecule has 0 saturated carbocycles. The Bertz CT molecular complexity index is 631. The fourth-order valence-corrected chi connectivity index (χ4v) is 3.67. The van der Waals surface area contributed by atoms with Crippen LogP contribution in [0.3, 0.4) is 0 Å². The number of amides is 2. The Balaban J connectivity index is 1.50. The van der Waals surface area contributed by atoms with Gasteiger partial charge in [0.2, 0.25) is 5.91 Å². The second-order valence-corrected chi connectivity index (χ2v) is 6.80. The summed E-state index contributed by atoms with van der Waals surface area (Å²) in [6.45, 7) is 4.18. The largest absolute Gasteiger partial charge is 0.497 e. The average molecular weight is 346 g/mol. The van der Waals surface area contributed by atoms with E-state index in [2.05, 4.69) is 0 Å². The number of piperazine rings is 1. The predicted molar refractivity (Wildman–Crippen MR) is 93.6 cm³/mol. The molecule has 6 nitrogen and oxygen atoms in total. The van der Waals surface area contributed by atoms with E-state index in [1.54, 1.807) is 12.0 Å². The summed E-state index contributed by atoms with van der Waals surface area (Å²) in [6, 6.07) is 7.96. The van der Waals surface area contributed by atoms with Gasteiger partial charge in [-0.1, -0.05) is 19.1 Å². The van der Waals surface area contributed by atoms with Gasteiger partial charge in [0.25, 0.3) is 0 Å². The number of aryl methyl sites for hydroxylation is 1. The van der Waals surface area contributed by atoms with Crippen molar-refractivity contribution >= 4 is 12.0 Å². The summed E-state index contributed by atoms with van der Waals surface area (Å²) < 4.78 is 10.4. The van der Waals surface area contributed by atoms with Crippen LogP contribution in [0.4, 0.5) is 4.79 Å². The van der Waals surface area contributed by atoms with Gasteiger partial charge in [-0.15, -0.1) is 0 Å². The lowest BCUT2D eigenvalue weighted by molar-refractivity contribution is -0.135. The minimum absolute atomic E-state index is 0.167. The van der Waals surface area contributed by atoms with Gasteiger partial charge in [0, 0.05) is 26.1 Å². The summed E-state index contributed by atoms with van der Waals surface area (Å²) in [5.41, 5.74) is 0.874. The predicted octanol–water partition coefficient (Wildman–Crippen LogP) is 2.46. The lowest BCUT2D eigenvalue weighted by atomic mass is 9.92. The highest BCUT2D eigenvalue weighted by molar-refractivity contribution is 5.77. The molecule has 3 rings (SSSR count). The highest BCUT2D eigenvalue weighted by atomic mass is 16.6. The average Bonchev–Trinajstić information content (AvgIpc) is 2.99. The van der Waals surface area contributed by atoms with Crippen molar-refractivity contribution in [1.82, 2.24) is 9.80 Å². The van der Waals surface area contributed by atoms with Crippen LogP contribution in [0.2, 0.25) is 0 Å². The first-order valence-electron chi connectivity index (χ1n) is 8.93. The molecule has 1 aromatic carbocycles. The first-order valence-corrected chi connectivity index (χ1v) is 8.93. The number of fused-ring (bicyclic) bond motifs is 1. The topological polar surface area (TPSA) is 59.1 Å². The molecule has 2 saturated heterocycles. The number of rotatable bonds is 6. The van der Waals surface area contributed by atoms with Gasteiger partial charge in [0.1, 0.15) is 12.4 Å². The summed E-state index contributed by atoms with van der Waals surface area (Å²) >= 11 is 0. The molecule has 2 fully saturated rings. The summed E-state index contributed by atoms with van der Waals surface area (Å²) in [5, 5.41) is 0. The fourth-order valence-electron chi connectivity index (χ4n) is 3.67. The van der Waals surface area contributed by atoms with Crippen molar-refractivity contribution in [3.63, 3.8) is 0 Å². The van der Waals surface area contributed by atoms with E-state index in [1.807, 2.05) is 36.1 Å². The molecule has 1 aromatic rings. The van der Waals surface area contributed by atoms with Crippen molar-refractivity contribution in [3.05, 3.63) is 29.8 Å². The second kappa shape index (κ2) is 7.33. The highest BCUT2D eigenvalue weighted by Gasteiger charge is 2.50. The number of hydrogen-bond donors (Lipinski definition) is 0. The number of methoxy groups -OCH3 is 1. The fraction of sp³-hybridized carbons (Fsp3) is 0.579. The summed E-state index contributed by atoms with van der Waals surface area (Å²) in [4.78, 5) is 28.1. The van der Waals surface area contributed by atoms with Crippen molar-refractivity contribution in [1.29, 1.82) is 0 Å². The minimum Gasteiger partial charge on any atom is -0.497 e. The zero-order valence-corrected chi connectivity index (χ0v) is 15.0. The SMILES string of the molecule is CCC12COC(=O)N1CCN(C(=O)CCCc1ccc(OC)cc1)C2. The van der Waals surface area contributed by atoms with Gasteiger partial charge in [0.05, 0.1) is 12.6 Å². The Kier molecular flexibility index (Phi) is 5.16. The molecule has 136 valence electrons. The number of cyclic esters (lactones) is 1. The van der Waals surface area contributed by atoms with E-state index in [9.17, 15) is 9.59 Å². The Labute approximate surface area is 148 Å². The molecule has 25 heavy (non-hydrogen) atoms. The molecule has 2 aliphatic rings. The Hall–Kier alpha value is -2.24. The van der Waals surface area contributed by atoms with Crippen molar-refractivity contribution in [2.75, 3.05) is 33.4 Å². The van der Waals surface area contributed by atoms with Gasteiger partial charge in [-0.25, -0.2) is 4.79 Å². The maximum atomic E-state index is 12.6. The number of carbonyl (C=O) groups excluding carboxylic acids is 2. The van der Waals surface area contributed by atoms with Gasteiger partial charge in [-0.05, 0) is 37.0 Å². The first-order chi connectivity index (χ1) is 12.1. The molecule has 0 radical (unpaired) electrons. The van der Waals surface area contributed by atoms with Crippen LogP contribution >= 0.6 is 0 Å². The molecule has 1 atom stereocenters. The van der Waals surface area contributed by atoms with Crippen LogP contribution in [0.25, 0.3) is 0 Å². The van der Waals surface area contributed by atoms with Crippen LogP contribution in [0.5, 0.6) is 5.75 Å². The summed E-state index contributed by atoms with van der Waals surface area (Å²) in [5.74, 6) is 1.01. The monoisotopic (exact) mass is 346 g/mol. The standard InChI is InChI=1S/C19H26N2O4/c1-3-19-13-20(11-12-21(19)18(23)25-14-19)17(22)6-4-5-15-7-9-16(24-2)10-8-15/h7-10H,3-6,11-14H2,1-2H3. The van der Waals surface area contributed by atoms with Gasteiger partial charge >= 0.3 is 6.09 Å². The van der Waals surface area contributed by atoms with Crippen LogP contribution in [0.15, 0.2) is 24.3 Å². The van der Waals surface area contributed by atoms with Gasteiger partial charge in [0.15, 0.2) is 0 Å².